The molecule has 3 nitrogen and oxygen atoms in total. The molecular weight excluding hydrogens is 324 g/mol. The second-order valence-electron chi connectivity index (χ2n) is 3.68. The molecule has 2 rings (SSSR count). The number of nitrogens with zero attached hydrogens (tertiary/aromatic N) is 1. The molecule has 0 heterocycles. The first kappa shape index (κ1) is 14.0. The standard InChI is InChI=1S/C14H13BrN2OS/c1-19-14(16)17-12-4-2-3-5-13(12)18-11-8-6-10(15)7-9-11/h2-9H,1H3,(H2,16,17). The van der Waals surface area contributed by atoms with Crippen molar-refractivity contribution in [2.45, 2.75) is 0 Å². The summed E-state index contributed by atoms with van der Waals surface area (Å²) >= 11 is 4.79. The van der Waals surface area contributed by atoms with E-state index in [9.17, 15) is 0 Å². The van der Waals surface area contributed by atoms with E-state index in [2.05, 4.69) is 20.9 Å². The van der Waals surface area contributed by atoms with Gasteiger partial charge in [0.25, 0.3) is 0 Å². The summed E-state index contributed by atoms with van der Waals surface area (Å²) in [6.07, 6.45) is 1.89. The highest BCUT2D eigenvalue weighted by Gasteiger charge is 2.04. The molecule has 98 valence electrons. The predicted octanol–water partition coefficient (Wildman–Crippen LogP) is 4.55. The van der Waals surface area contributed by atoms with Crippen molar-refractivity contribution in [2.75, 3.05) is 6.26 Å². The summed E-state index contributed by atoms with van der Waals surface area (Å²) < 4.78 is 6.83. The highest BCUT2D eigenvalue weighted by atomic mass is 79.9. The molecule has 0 unspecified atom stereocenters. The second-order valence-corrected chi connectivity index (χ2v) is 5.42. The Labute approximate surface area is 125 Å². The van der Waals surface area contributed by atoms with Gasteiger partial charge in [0, 0.05) is 4.47 Å². The predicted molar refractivity (Wildman–Crippen MR) is 85.5 cm³/mol. The minimum absolute atomic E-state index is 0.506. The van der Waals surface area contributed by atoms with Crippen LogP contribution in [0.15, 0.2) is 58.0 Å². The summed E-state index contributed by atoms with van der Waals surface area (Å²) in [4.78, 5) is 4.31. The van der Waals surface area contributed by atoms with Gasteiger partial charge in [-0.15, -0.1) is 0 Å². The number of ether oxygens (including phenoxy) is 1. The third kappa shape index (κ3) is 4.01. The number of aliphatic imine (C=N–C) groups is 1. The highest BCUT2D eigenvalue weighted by molar-refractivity contribution is 9.10. The lowest BCUT2D eigenvalue weighted by Crippen LogP contribution is -2.04. The highest BCUT2D eigenvalue weighted by Crippen LogP contribution is 2.32. The SMILES string of the molecule is CSC(N)=Nc1ccccc1Oc1ccc(Br)cc1. The molecule has 0 amide bonds. The fourth-order valence-corrected chi connectivity index (χ4v) is 1.88. The van der Waals surface area contributed by atoms with E-state index in [0.29, 0.717) is 10.9 Å². The fraction of sp³-hybridized carbons (Fsp3) is 0.0714. The number of rotatable bonds is 3. The molecule has 0 saturated heterocycles. The van der Waals surface area contributed by atoms with Gasteiger partial charge in [-0.2, -0.15) is 0 Å². The Bertz CT molecular complexity index is 584. The van der Waals surface area contributed by atoms with Gasteiger partial charge in [0.15, 0.2) is 10.9 Å². The molecule has 0 aliphatic heterocycles. The number of hydrogen-bond acceptors (Lipinski definition) is 3. The van der Waals surface area contributed by atoms with Crippen LogP contribution < -0.4 is 10.5 Å². The van der Waals surface area contributed by atoms with E-state index < -0.39 is 0 Å². The molecule has 2 N–H and O–H groups in total. The molecule has 0 aliphatic carbocycles. The van der Waals surface area contributed by atoms with Crippen molar-refractivity contribution >= 4 is 38.5 Å². The van der Waals surface area contributed by atoms with Crippen LogP contribution in [-0.2, 0) is 0 Å². The molecule has 0 fully saturated rings. The number of nitrogens with two attached hydrogens (primary N) is 1. The van der Waals surface area contributed by atoms with Crippen LogP contribution in [0.25, 0.3) is 0 Å². The zero-order valence-electron chi connectivity index (χ0n) is 10.3. The first-order chi connectivity index (χ1) is 9.19. The van der Waals surface area contributed by atoms with Gasteiger partial charge in [-0.1, -0.05) is 39.8 Å². The van der Waals surface area contributed by atoms with Gasteiger partial charge in [0.05, 0.1) is 0 Å². The third-order valence-electron chi connectivity index (χ3n) is 2.35. The van der Waals surface area contributed by atoms with Crippen LogP contribution in [0.1, 0.15) is 0 Å². The maximum atomic E-state index is 5.82. The minimum atomic E-state index is 0.506. The lowest BCUT2D eigenvalue weighted by Gasteiger charge is -2.08. The number of benzene rings is 2. The van der Waals surface area contributed by atoms with Gasteiger partial charge >= 0.3 is 0 Å². The van der Waals surface area contributed by atoms with Crippen molar-refractivity contribution in [3.05, 3.63) is 53.0 Å². The first-order valence-electron chi connectivity index (χ1n) is 5.59. The molecule has 2 aromatic rings. The summed E-state index contributed by atoms with van der Waals surface area (Å²) in [6, 6.07) is 15.2. The van der Waals surface area contributed by atoms with Crippen molar-refractivity contribution < 1.29 is 4.74 Å². The van der Waals surface area contributed by atoms with Crippen molar-refractivity contribution in [1.29, 1.82) is 0 Å². The van der Waals surface area contributed by atoms with Gasteiger partial charge in [0.1, 0.15) is 11.4 Å². The number of amidine groups is 1. The summed E-state index contributed by atoms with van der Waals surface area (Å²) in [5.74, 6) is 1.44. The monoisotopic (exact) mass is 336 g/mol. The zero-order chi connectivity index (χ0) is 13.7. The molecule has 0 aromatic heterocycles. The van der Waals surface area contributed by atoms with Crippen LogP contribution in [0.5, 0.6) is 11.5 Å². The van der Waals surface area contributed by atoms with Crippen molar-refractivity contribution in [3.63, 3.8) is 0 Å². The Morgan fingerprint density at radius 1 is 1.16 bits per heavy atom. The van der Waals surface area contributed by atoms with Crippen LogP contribution in [0.4, 0.5) is 5.69 Å². The van der Waals surface area contributed by atoms with Crippen LogP contribution in [0.2, 0.25) is 0 Å². The maximum Gasteiger partial charge on any atom is 0.159 e. The number of para-hydroxylation sites is 2. The summed E-state index contributed by atoms with van der Waals surface area (Å²) in [6.45, 7) is 0. The van der Waals surface area contributed by atoms with E-state index in [1.807, 2.05) is 54.8 Å². The molecule has 0 aliphatic rings. The number of halogens is 1. The van der Waals surface area contributed by atoms with E-state index in [0.717, 1.165) is 15.9 Å². The van der Waals surface area contributed by atoms with E-state index >= 15 is 0 Å². The average molecular weight is 337 g/mol. The third-order valence-corrected chi connectivity index (χ3v) is 3.38. The van der Waals surface area contributed by atoms with Gasteiger partial charge in [-0.05, 0) is 42.7 Å². The van der Waals surface area contributed by atoms with E-state index in [4.69, 9.17) is 10.5 Å². The smallest absolute Gasteiger partial charge is 0.159 e. The molecule has 0 spiro atoms. The van der Waals surface area contributed by atoms with Crippen LogP contribution >= 0.6 is 27.7 Å². The summed E-state index contributed by atoms with van der Waals surface area (Å²) in [7, 11) is 0. The summed E-state index contributed by atoms with van der Waals surface area (Å²) in [5, 5.41) is 0.506. The lowest BCUT2D eigenvalue weighted by atomic mass is 10.3. The van der Waals surface area contributed by atoms with Gasteiger partial charge < -0.3 is 10.5 Å². The number of thioether (sulfide) groups is 1. The van der Waals surface area contributed by atoms with Gasteiger partial charge in [0.2, 0.25) is 0 Å². The molecular formula is C14H13BrN2OS. The minimum Gasteiger partial charge on any atom is -0.455 e. The molecule has 19 heavy (non-hydrogen) atoms. The molecule has 5 heteroatoms. The zero-order valence-corrected chi connectivity index (χ0v) is 12.7. The average Bonchev–Trinajstić information content (AvgIpc) is 2.43. The Morgan fingerprint density at radius 3 is 2.53 bits per heavy atom. The Balaban J connectivity index is 2.27. The van der Waals surface area contributed by atoms with E-state index in [1.165, 1.54) is 11.8 Å². The molecule has 0 atom stereocenters. The van der Waals surface area contributed by atoms with Gasteiger partial charge in [-0.25, -0.2) is 4.99 Å². The molecule has 2 aromatic carbocycles. The van der Waals surface area contributed by atoms with Crippen molar-refractivity contribution in [1.82, 2.24) is 0 Å². The van der Waals surface area contributed by atoms with E-state index in [1.54, 1.807) is 0 Å². The lowest BCUT2D eigenvalue weighted by molar-refractivity contribution is 0.484. The first-order valence-corrected chi connectivity index (χ1v) is 7.61. The van der Waals surface area contributed by atoms with Crippen molar-refractivity contribution in [2.24, 2.45) is 10.7 Å². The Hall–Kier alpha value is -1.46. The van der Waals surface area contributed by atoms with Crippen molar-refractivity contribution in [3.8, 4) is 11.5 Å². The van der Waals surface area contributed by atoms with Gasteiger partial charge in [-0.3, -0.25) is 0 Å². The second kappa shape index (κ2) is 6.63. The Kier molecular flexibility index (Phi) is 4.87. The molecule has 0 saturated carbocycles. The topological polar surface area (TPSA) is 47.6 Å². The fourth-order valence-electron chi connectivity index (χ4n) is 1.43. The van der Waals surface area contributed by atoms with Crippen LogP contribution in [0, 0.1) is 0 Å². The Morgan fingerprint density at radius 2 is 1.84 bits per heavy atom. The largest absolute Gasteiger partial charge is 0.455 e. The molecule has 0 radical (unpaired) electrons. The van der Waals surface area contributed by atoms with E-state index in [-0.39, 0.29) is 0 Å². The normalized spacial score (nSPS) is 11.4. The number of hydrogen-bond donors (Lipinski definition) is 1. The van der Waals surface area contributed by atoms with Crippen LogP contribution in [-0.4, -0.2) is 11.4 Å². The summed E-state index contributed by atoms with van der Waals surface area (Å²) in [5.41, 5.74) is 6.46. The maximum absolute atomic E-state index is 5.82. The molecule has 0 bridgehead atoms. The quantitative estimate of drug-likeness (QED) is 0.660. The van der Waals surface area contributed by atoms with Crippen LogP contribution in [0.3, 0.4) is 0 Å².